The smallest absolute Gasteiger partial charge is 0.172 e. The van der Waals surface area contributed by atoms with Crippen LogP contribution in [0.2, 0.25) is 0 Å². The second kappa shape index (κ2) is 4.78. The van der Waals surface area contributed by atoms with Crippen LogP contribution in [0.15, 0.2) is 24.3 Å². The molecule has 0 saturated heterocycles. The minimum atomic E-state index is 0.344. The largest absolute Gasteiger partial charge is 0.492 e. The predicted octanol–water partition coefficient (Wildman–Crippen LogP) is 1.79. The summed E-state index contributed by atoms with van der Waals surface area (Å²) in [6.07, 6.45) is 0.697. The predicted molar refractivity (Wildman–Crippen MR) is 62.7 cm³/mol. The van der Waals surface area contributed by atoms with E-state index in [0.717, 1.165) is 11.4 Å². The molecule has 0 spiro atoms. The van der Waals surface area contributed by atoms with Crippen LogP contribution in [0.5, 0.6) is 5.75 Å². The Morgan fingerprint density at radius 2 is 2.18 bits per heavy atom. The summed E-state index contributed by atoms with van der Waals surface area (Å²) in [6, 6.07) is 7.52. The zero-order chi connectivity index (χ0) is 12.3. The van der Waals surface area contributed by atoms with Crippen molar-refractivity contribution in [2.45, 2.75) is 13.8 Å². The molecule has 0 bridgehead atoms. The molecule has 0 unspecified atom stereocenters. The Bertz CT molecular complexity index is 534. The van der Waals surface area contributed by atoms with E-state index in [4.69, 9.17) is 4.74 Å². The number of aromatic nitrogens is 3. The Balaban J connectivity index is 2.52. The quantitative estimate of drug-likeness (QED) is 0.753. The highest BCUT2D eigenvalue weighted by Crippen LogP contribution is 2.23. The molecular weight excluding hydrogens is 218 g/mol. The molecule has 0 radical (unpaired) electrons. The van der Waals surface area contributed by atoms with Crippen LogP contribution in [0.4, 0.5) is 0 Å². The van der Waals surface area contributed by atoms with Crippen molar-refractivity contribution in [1.82, 2.24) is 15.0 Å². The van der Waals surface area contributed by atoms with Gasteiger partial charge in [-0.15, -0.1) is 5.10 Å². The topological polar surface area (TPSA) is 57.0 Å². The second-order valence-corrected chi connectivity index (χ2v) is 3.49. The van der Waals surface area contributed by atoms with E-state index in [1.807, 2.05) is 31.2 Å². The monoisotopic (exact) mass is 231 g/mol. The molecule has 1 aromatic carbocycles. The third kappa shape index (κ3) is 2.04. The van der Waals surface area contributed by atoms with Gasteiger partial charge in [-0.3, -0.25) is 4.79 Å². The maximum atomic E-state index is 10.7. The fourth-order valence-corrected chi connectivity index (χ4v) is 1.59. The van der Waals surface area contributed by atoms with Gasteiger partial charge in [-0.05, 0) is 26.0 Å². The molecule has 0 amide bonds. The Hall–Kier alpha value is -2.17. The molecule has 0 aliphatic carbocycles. The van der Waals surface area contributed by atoms with Crippen LogP contribution in [0.25, 0.3) is 5.69 Å². The van der Waals surface area contributed by atoms with Gasteiger partial charge < -0.3 is 4.74 Å². The summed E-state index contributed by atoms with van der Waals surface area (Å²) in [6.45, 7) is 4.29. The van der Waals surface area contributed by atoms with Crippen molar-refractivity contribution in [2.75, 3.05) is 6.61 Å². The molecule has 0 aliphatic rings. The summed E-state index contributed by atoms with van der Waals surface area (Å²) >= 11 is 0. The highest BCUT2D eigenvalue weighted by atomic mass is 16.5. The molecule has 2 rings (SSSR count). The lowest BCUT2D eigenvalue weighted by atomic mass is 10.2. The van der Waals surface area contributed by atoms with Crippen LogP contribution in [-0.4, -0.2) is 27.9 Å². The zero-order valence-corrected chi connectivity index (χ0v) is 9.75. The summed E-state index contributed by atoms with van der Waals surface area (Å²) in [4.78, 5) is 10.7. The van der Waals surface area contributed by atoms with E-state index < -0.39 is 0 Å². The van der Waals surface area contributed by atoms with Crippen molar-refractivity contribution < 1.29 is 9.53 Å². The van der Waals surface area contributed by atoms with Crippen LogP contribution in [-0.2, 0) is 0 Å². The Morgan fingerprint density at radius 1 is 1.41 bits per heavy atom. The summed E-state index contributed by atoms with van der Waals surface area (Å²) in [5, 5.41) is 7.76. The number of carbonyl (C=O) groups is 1. The average Bonchev–Trinajstić information content (AvgIpc) is 2.72. The fourth-order valence-electron chi connectivity index (χ4n) is 1.59. The van der Waals surface area contributed by atoms with Crippen molar-refractivity contribution >= 4 is 6.29 Å². The minimum Gasteiger partial charge on any atom is -0.492 e. The first kappa shape index (κ1) is 11.3. The molecule has 5 nitrogen and oxygen atoms in total. The fraction of sp³-hybridized carbons (Fsp3) is 0.250. The molecule has 17 heavy (non-hydrogen) atoms. The number of benzene rings is 1. The van der Waals surface area contributed by atoms with Gasteiger partial charge in [-0.2, -0.15) is 0 Å². The first-order valence-electron chi connectivity index (χ1n) is 5.37. The summed E-state index contributed by atoms with van der Waals surface area (Å²) < 4.78 is 7.12. The third-order valence-corrected chi connectivity index (χ3v) is 2.44. The molecule has 0 atom stereocenters. The van der Waals surface area contributed by atoms with Crippen LogP contribution in [0.3, 0.4) is 0 Å². The maximum Gasteiger partial charge on any atom is 0.172 e. The third-order valence-electron chi connectivity index (χ3n) is 2.44. The first-order chi connectivity index (χ1) is 8.27. The van der Waals surface area contributed by atoms with Gasteiger partial charge >= 0.3 is 0 Å². The average molecular weight is 231 g/mol. The maximum absolute atomic E-state index is 10.7. The van der Waals surface area contributed by atoms with Crippen molar-refractivity contribution in [2.24, 2.45) is 0 Å². The molecule has 0 aliphatic heterocycles. The Kier molecular flexibility index (Phi) is 3.18. The van der Waals surface area contributed by atoms with E-state index in [1.54, 1.807) is 11.6 Å². The van der Waals surface area contributed by atoms with Crippen molar-refractivity contribution in [1.29, 1.82) is 0 Å². The number of carbonyl (C=O) groups excluding carboxylic acids is 1. The van der Waals surface area contributed by atoms with E-state index in [9.17, 15) is 4.79 Å². The number of hydrogen-bond acceptors (Lipinski definition) is 4. The van der Waals surface area contributed by atoms with E-state index in [2.05, 4.69) is 10.3 Å². The molecule has 0 saturated carbocycles. The van der Waals surface area contributed by atoms with E-state index in [1.165, 1.54) is 0 Å². The standard InChI is InChI=1S/C12H13N3O2/c1-3-17-12-7-5-4-6-11(12)15-9(2)10(8-16)13-14-15/h4-8H,3H2,1-2H3. The molecule has 1 aromatic heterocycles. The Morgan fingerprint density at radius 3 is 2.82 bits per heavy atom. The Labute approximate surface area is 99.0 Å². The molecule has 88 valence electrons. The SMILES string of the molecule is CCOc1ccccc1-n1nnc(C=O)c1C. The van der Waals surface area contributed by atoms with Crippen molar-refractivity contribution in [3.8, 4) is 11.4 Å². The van der Waals surface area contributed by atoms with Gasteiger partial charge in [0.2, 0.25) is 0 Å². The van der Waals surface area contributed by atoms with Crippen LogP contribution < -0.4 is 4.74 Å². The number of rotatable bonds is 4. The van der Waals surface area contributed by atoms with Gasteiger partial charge in [0.1, 0.15) is 17.1 Å². The van der Waals surface area contributed by atoms with E-state index in [0.29, 0.717) is 24.3 Å². The van der Waals surface area contributed by atoms with E-state index >= 15 is 0 Å². The molecule has 0 N–H and O–H groups in total. The lowest BCUT2D eigenvalue weighted by Gasteiger charge is -2.10. The van der Waals surface area contributed by atoms with Gasteiger partial charge in [0.05, 0.1) is 12.3 Å². The number of nitrogens with zero attached hydrogens (tertiary/aromatic N) is 3. The normalized spacial score (nSPS) is 10.2. The lowest BCUT2D eigenvalue weighted by molar-refractivity contribution is 0.111. The number of ether oxygens (including phenoxy) is 1. The number of hydrogen-bond donors (Lipinski definition) is 0. The van der Waals surface area contributed by atoms with Gasteiger partial charge in [-0.25, -0.2) is 4.68 Å². The highest BCUT2D eigenvalue weighted by Gasteiger charge is 2.12. The summed E-state index contributed by atoms with van der Waals surface area (Å²) in [5.74, 6) is 0.723. The number of para-hydroxylation sites is 2. The highest BCUT2D eigenvalue weighted by molar-refractivity contribution is 5.73. The van der Waals surface area contributed by atoms with Crippen molar-refractivity contribution in [3.63, 3.8) is 0 Å². The van der Waals surface area contributed by atoms with Gasteiger partial charge in [-0.1, -0.05) is 17.3 Å². The van der Waals surface area contributed by atoms with Gasteiger partial charge in [0, 0.05) is 0 Å². The molecule has 2 aromatic rings. The molecule has 5 heteroatoms. The minimum absolute atomic E-state index is 0.344. The molecule has 0 fully saturated rings. The van der Waals surface area contributed by atoms with Crippen molar-refractivity contribution in [3.05, 3.63) is 35.7 Å². The summed E-state index contributed by atoms with van der Waals surface area (Å²) in [7, 11) is 0. The first-order valence-corrected chi connectivity index (χ1v) is 5.37. The van der Waals surface area contributed by atoms with E-state index in [-0.39, 0.29) is 0 Å². The van der Waals surface area contributed by atoms with Gasteiger partial charge in [0.15, 0.2) is 6.29 Å². The molecular formula is C12H13N3O2. The second-order valence-electron chi connectivity index (χ2n) is 3.49. The number of aldehydes is 1. The zero-order valence-electron chi connectivity index (χ0n) is 9.75. The molecule has 1 heterocycles. The lowest BCUT2D eigenvalue weighted by Crippen LogP contribution is -2.03. The van der Waals surface area contributed by atoms with Crippen LogP contribution >= 0.6 is 0 Å². The van der Waals surface area contributed by atoms with Gasteiger partial charge in [0.25, 0.3) is 0 Å². The van der Waals surface area contributed by atoms with Crippen LogP contribution in [0.1, 0.15) is 23.1 Å². The van der Waals surface area contributed by atoms with Crippen LogP contribution in [0, 0.1) is 6.92 Å². The summed E-state index contributed by atoms with van der Waals surface area (Å²) in [5.41, 5.74) is 1.83.